The second kappa shape index (κ2) is 5.49. The number of aliphatic hydroxyl groups is 1. The molecule has 1 unspecified atom stereocenters. The van der Waals surface area contributed by atoms with E-state index in [1.54, 1.807) is 49.6 Å². The van der Waals surface area contributed by atoms with Crippen LogP contribution in [0.5, 0.6) is 5.75 Å². The average molecular weight is 259 g/mol. The number of para-hydroxylation sites is 1. The van der Waals surface area contributed by atoms with Crippen molar-refractivity contribution in [2.75, 3.05) is 7.11 Å². The number of methoxy groups -OCH3 is 1. The molecule has 0 fully saturated rings. The second-order valence-corrected chi connectivity index (χ2v) is 3.99. The summed E-state index contributed by atoms with van der Waals surface area (Å²) in [6.07, 6.45) is -1.03. The minimum absolute atomic E-state index is 0.0918. The summed E-state index contributed by atoms with van der Waals surface area (Å²) >= 11 is 0. The number of ether oxygens (including phenoxy) is 1. The van der Waals surface area contributed by atoms with Gasteiger partial charge in [0.05, 0.1) is 17.6 Å². The Morgan fingerprint density at radius 3 is 2.37 bits per heavy atom. The van der Waals surface area contributed by atoms with Crippen molar-refractivity contribution in [3.63, 3.8) is 0 Å². The quantitative estimate of drug-likeness (QED) is 0.676. The van der Waals surface area contributed by atoms with Gasteiger partial charge in [-0.1, -0.05) is 24.3 Å². The van der Waals surface area contributed by atoms with E-state index in [0.29, 0.717) is 11.3 Å². The van der Waals surface area contributed by atoms with Crippen LogP contribution in [0.1, 0.15) is 17.2 Å². The third-order valence-corrected chi connectivity index (χ3v) is 2.86. The van der Waals surface area contributed by atoms with Crippen molar-refractivity contribution in [1.82, 2.24) is 0 Å². The number of nitrogens with zero attached hydrogens (tertiary/aromatic N) is 1. The Kier molecular flexibility index (Phi) is 3.77. The largest absolute Gasteiger partial charge is 0.497 e. The molecule has 2 aromatic rings. The van der Waals surface area contributed by atoms with Gasteiger partial charge in [-0.2, -0.15) is 0 Å². The second-order valence-electron chi connectivity index (χ2n) is 3.99. The van der Waals surface area contributed by atoms with Gasteiger partial charge in [-0.15, -0.1) is 0 Å². The summed E-state index contributed by atoms with van der Waals surface area (Å²) in [6.45, 7) is 0. The van der Waals surface area contributed by atoms with Crippen molar-refractivity contribution in [2.24, 2.45) is 0 Å². The molecule has 0 saturated carbocycles. The lowest BCUT2D eigenvalue weighted by atomic mass is 10.00. The highest BCUT2D eigenvalue weighted by Crippen LogP contribution is 2.30. The number of aliphatic hydroxyl groups excluding tert-OH is 1. The summed E-state index contributed by atoms with van der Waals surface area (Å²) in [6, 6.07) is 12.9. The lowest BCUT2D eigenvalue weighted by Gasteiger charge is -2.12. The Balaban J connectivity index is 2.37. The molecule has 0 spiro atoms. The topological polar surface area (TPSA) is 72.6 Å². The zero-order chi connectivity index (χ0) is 13.8. The van der Waals surface area contributed by atoms with Crippen LogP contribution in [-0.4, -0.2) is 17.1 Å². The van der Waals surface area contributed by atoms with Crippen molar-refractivity contribution in [3.8, 4) is 5.75 Å². The zero-order valence-electron chi connectivity index (χ0n) is 10.3. The molecule has 0 bridgehead atoms. The SMILES string of the molecule is COc1ccc(C(O)c2ccccc2[N+](=O)[O-])cc1. The molecule has 1 atom stereocenters. The van der Waals surface area contributed by atoms with Crippen LogP contribution in [0.3, 0.4) is 0 Å². The van der Waals surface area contributed by atoms with Crippen LogP contribution in [0.4, 0.5) is 5.69 Å². The van der Waals surface area contributed by atoms with Gasteiger partial charge in [-0.25, -0.2) is 0 Å². The van der Waals surface area contributed by atoms with Gasteiger partial charge in [-0.05, 0) is 23.8 Å². The number of hydrogen-bond acceptors (Lipinski definition) is 4. The Labute approximate surface area is 110 Å². The van der Waals surface area contributed by atoms with Gasteiger partial charge in [0.25, 0.3) is 5.69 Å². The minimum atomic E-state index is -1.03. The standard InChI is InChI=1S/C14H13NO4/c1-19-11-8-6-10(7-9-11)14(16)12-4-2-3-5-13(12)15(17)18/h2-9,14,16H,1H3. The first-order valence-corrected chi connectivity index (χ1v) is 5.69. The summed E-state index contributed by atoms with van der Waals surface area (Å²) < 4.78 is 5.03. The molecule has 0 aliphatic rings. The van der Waals surface area contributed by atoms with Crippen LogP contribution in [0.2, 0.25) is 0 Å². The highest BCUT2D eigenvalue weighted by atomic mass is 16.6. The first-order chi connectivity index (χ1) is 9.13. The monoisotopic (exact) mass is 259 g/mol. The van der Waals surface area contributed by atoms with Gasteiger partial charge >= 0.3 is 0 Å². The Hall–Kier alpha value is -2.40. The van der Waals surface area contributed by atoms with Gasteiger partial charge in [0, 0.05) is 6.07 Å². The molecule has 0 saturated heterocycles. The van der Waals surface area contributed by atoms with Crippen LogP contribution in [0.15, 0.2) is 48.5 Å². The van der Waals surface area contributed by atoms with E-state index < -0.39 is 11.0 Å². The van der Waals surface area contributed by atoms with E-state index in [-0.39, 0.29) is 11.3 Å². The average Bonchev–Trinajstić information content (AvgIpc) is 2.46. The van der Waals surface area contributed by atoms with Crippen molar-refractivity contribution >= 4 is 5.69 Å². The van der Waals surface area contributed by atoms with Crippen LogP contribution in [-0.2, 0) is 0 Å². The molecule has 5 heteroatoms. The maximum Gasteiger partial charge on any atom is 0.275 e. The maximum absolute atomic E-state index is 10.9. The van der Waals surface area contributed by atoms with Gasteiger partial charge in [0.15, 0.2) is 0 Å². The number of rotatable bonds is 4. The molecule has 0 radical (unpaired) electrons. The third-order valence-electron chi connectivity index (χ3n) is 2.86. The lowest BCUT2D eigenvalue weighted by molar-refractivity contribution is -0.386. The molecule has 2 aromatic carbocycles. The fourth-order valence-electron chi connectivity index (χ4n) is 1.85. The predicted molar refractivity (Wildman–Crippen MR) is 70.2 cm³/mol. The fourth-order valence-corrected chi connectivity index (χ4v) is 1.85. The lowest BCUT2D eigenvalue weighted by Crippen LogP contribution is -2.03. The van der Waals surface area contributed by atoms with E-state index in [9.17, 15) is 15.2 Å². The van der Waals surface area contributed by atoms with E-state index >= 15 is 0 Å². The molecular weight excluding hydrogens is 246 g/mol. The van der Waals surface area contributed by atoms with Crippen LogP contribution in [0, 0.1) is 10.1 Å². The first-order valence-electron chi connectivity index (χ1n) is 5.69. The zero-order valence-corrected chi connectivity index (χ0v) is 10.3. The molecule has 0 amide bonds. The number of nitro groups is 1. The number of benzene rings is 2. The molecule has 0 heterocycles. The fraction of sp³-hybridized carbons (Fsp3) is 0.143. The third kappa shape index (κ3) is 2.71. The molecule has 5 nitrogen and oxygen atoms in total. The highest BCUT2D eigenvalue weighted by molar-refractivity contribution is 5.45. The van der Waals surface area contributed by atoms with Gasteiger partial charge in [0.2, 0.25) is 0 Å². The van der Waals surface area contributed by atoms with E-state index in [4.69, 9.17) is 4.74 Å². The van der Waals surface area contributed by atoms with E-state index in [2.05, 4.69) is 0 Å². The molecule has 0 aromatic heterocycles. The van der Waals surface area contributed by atoms with Crippen LogP contribution in [0.25, 0.3) is 0 Å². The van der Waals surface area contributed by atoms with Gasteiger partial charge in [-0.3, -0.25) is 10.1 Å². The number of nitro benzene ring substituents is 1. The van der Waals surface area contributed by atoms with E-state index in [1.165, 1.54) is 6.07 Å². The van der Waals surface area contributed by atoms with Crippen molar-refractivity contribution < 1.29 is 14.8 Å². The van der Waals surface area contributed by atoms with E-state index in [1.807, 2.05) is 0 Å². The summed E-state index contributed by atoms with van der Waals surface area (Å²) in [5.41, 5.74) is 0.763. The molecule has 19 heavy (non-hydrogen) atoms. The molecule has 0 aliphatic heterocycles. The highest BCUT2D eigenvalue weighted by Gasteiger charge is 2.20. The summed E-state index contributed by atoms with van der Waals surface area (Å²) in [4.78, 5) is 10.4. The molecular formula is C14H13NO4. The van der Waals surface area contributed by atoms with Crippen LogP contribution < -0.4 is 4.74 Å². The minimum Gasteiger partial charge on any atom is -0.497 e. The van der Waals surface area contributed by atoms with E-state index in [0.717, 1.165) is 0 Å². The van der Waals surface area contributed by atoms with Gasteiger partial charge in [0.1, 0.15) is 11.9 Å². The molecule has 2 rings (SSSR count). The first kappa shape index (κ1) is 13.0. The molecule has 98 valence electrons. The Bertz CT molecular complexity index is 580. The number of hydrogen-bond donors (Lipinski definition) is 1. The van der Waals surface area contributed by atoms with Crippen molar-refractivity contribution in [1.29, 1.82) is 0 Å². The molecule has 1 N–H and O–H groups in total. The summed E-state index contributed by atoms with van der Waals surface area (Å²) in [5, 5.41) is 21.2. The Morgan fingerprint density at radius 1 is 1.16 bits per heavy atom. The van der Waals surface area contributed by atoms with Crippen LogP contribution >= 0.6 is 0 Å². The Morgan fingerprint density at radius 2 is 1.79 bits per heavy atom. The van der Waals surface area contributed by atoms with Crippen molar-refractivity contribution in [2.45, 2.75) is 6.10 Å². The summed E-state index contributed by atoms with van der Waals surface area (Å²) in [5.74, 6) is 0.665. The molecule has 0 aliphatic carbocycles. The maximum atomic E-state index is 10.9. The summed E-state index contributed by atoms with van der Waals surface area (Å²) in [7, 11) is 1.55. The van der Waals surface area contributed by atoms with Crippen molar-refractivity contribution in [3.05, 3.63) is 69.8 Å². The van der Waals surface area contributed by atoms with Gasteiger partial charge < -0.3 is 9.84 Å². The smallest absolute Gasteiger partial charge is 0.275 e. The normalized spacial score (nSPS) is 11.9. The predicted octanol–water partition coefficient (Wildman–Crippen LogP) is 2.69.